The highest BCUT2D eigenvalue weighted by Crippen LogP contribution is 2.24. The van der Waals surface area contributed by atoms with Gasteiger partial charge < -0.3 is 20.5 Å². The van der Waals surface area contributed by atoms with Crippen molar-refractivity contribution in [3.63, 3.8) is 0 Å². The fourth-order valence-electron chi connectivity index (χ4n) is 2.47. The van der Waals surface area contributed by atoms with Crippen LogP contribution < -0.4 is 15.8 Å². The van der Waals surface area contributed by atoms with Crippen LogP contribution in [0.15, 0.2) is 47.6 Å². The molecule has 0 amide bonds. The third-order valence-corrected chi connectivity index (χ3v) is 3.74. The molecule has 0 radical (unpaired) electrons. The Bertz CT molecular complexity index is 697. The summed E-state index contributed by atoms with van der Waals surface area (Å²) in [5, 5.41) is 2.97. The molecule has 1 unspecified atom stereocenters. The van der Waals surface area contributed by atoms with Gasteiger partial charge in [-0.1, -0.05) is 18.2 Å². The summed E-state index contributed by atoms with van der Waals surface area (Å²) in [6.07, 6.45) is 2.73. The van der Waals surface area contributed by atoms with Gasteiger partial charge in [0.2, 0.25) is 0 Å². The van der Waals surface area contributed by atoms with Crippen LogP contribution in [0.1, 0.15) is 17.5 Å². The predicted octanol–water partition coefficient (Wildman–Crippen LogP) is 2.48. The Balaban J connectivity index is 1.68. The second kappa shape index (κ2) is 7.79. The van der Waals surface area contributed by atoms with Crippen LogP contribution in [0.4, 0.5) is 5.82 Å². The molecule has 1 aromatic heterocycles. The van der Waals surface area contributed by atoms with Crippen molar-refractivity contribution < 1.29 is 9.47 Å². The first-order valence-electron chi connectivity index (χ1n) is 8.02. The molecule has 0 aliphatic carbocycles. The predicted molar refractivity (Wildman–Crippen MR) is 94.2 cm³/mol. The number of aryl methyl sites for hydroxylation is 1. The fourth-order valence-corrected chi connectivity index (χ4v) is 2.47. The van der Waals surface area contributed by atoms with Crippen LogP contribution in [0, 0.1) is 6.92 Å². The van der Waals surface area contributed by atoms with E-state index >= 15 is 0 Å². The number of anilines is 1. The van der Waals surface area contributed by atoms with Gasteiger partial charge >= 0.3 is 0 Å². The summed E-state index contributed by atoms with van der Waals surface area (Å²) >= 11 is 0. The molecule has 0 bridgehead atoms. The Morgan fingerprint density at radius 1 is 1.42 bits per heavy atom. The van der Waals surface area contributed by atoms with Gasteiger partial charge in [-0.15, -0.1) is 0 Å². The number of rotatable bonds is 5. The Hall–Kier alpha value is -2.60. The van der Waals surface area contributed by atoms with E-state index in [0.29, 0.717) is 24.9 Å². The van der Waals surface area contributed by atoms with Gasteiger partial charge in [-0.05, 0) is 30.7 Å². The molecule has 6 nitrogen and oxygen atoms in total. The van der Waals surface area contributed by atoms with Gasteiger partial charge in [-0.25, -0.2) is 9.98 Å². The molecule has 24 heavy (non-hydrogen) atoms. The molecular formula is C18H22N4O2. The maximum Gasteiger partial charge on any atom is 0.194 e. The van der Waals surface area contributed by atoms with Crippen LogP contribution in [0.3, 0.4) is 0 Å². The van der Waals surface area contributed by atoms with Gasteiger partial charge in [-0.3, -0.25) is 0 Å². The van der Waals surface area contributed by atoms with Crippen molar-refractivity contribution in [1.82, 2.24) is 4.98 Å². The maximum atomic E-state index is 6.07. The van der Waals surface area contributed by atoms with Crippen molar-refractivity contribution in [3.05, 3.63) is 53.7 Å². The van der Waals surface area contributed by atoms with Crippen LogP contribution in [0.5, 0.6) is 5.75 Å². The van der Waals surface area contributed by atoms with E-state index < -0.39 is 0 Å². The highest BCUT2D eigenvalue weighted by atomic mass is 16.5. The number of aliphatic imine (C=N–C) groups is 1. The molecule has 1 atom stereocenters. The number of hydrogen-bond donors (Lipinski definition) is 2. The van der Waals surface area contributed by atoms with Crippen molar-refractivity contribution in [1.29, 1.82) is 0 Å². The van der Waals surface area contributed by atoms with E-state index in [4.69, 9.17) is 15.2 Å². The van der Waals surface area contributed by atoms with Gasteiger partial charge in [0.15, 0.2) is 5.96 Å². The summed E-state index contributed by atoms with van der Waals surface area (Å²) in [6, 6.07) is 11.7. The van der Waals surface area contributed by atoms with E-state index in [0.717, 1.165) is 29.9 Å². The Morgan fingerprint density at radius 2 is 2.33 bits per heavy atom. The molecule has 2 aromatic rings. The lowest BCUT2D eigenvalue weighted by atomic mass is 10.1. The molecule has 0 spiro atoms. The Kier molecular flexibility index (Phi) is 5.28. The van der Waals surface area contributed by atoms with Crippen LogP contribution >= 0.6 is 0 Å². The zero-order valence-corrected chi connectivity index (χ0v) is 13.7. The lowest BCUT2D eigenvalue weighted by molar-refractivity contribution is 0.140. The van der Waals surface area contributed by atoms with Crippen molar-refractivity contribution >= 4 is 11.8 Å². The number of benzene rings is 1. The van der Waals surface area contributed by atoms with Gasteiger partial charge in [0, 0.05) is 18.2 Å². The van der Waals surface area contributed by atoms with Crippen molar-refractivity contribution in [2.75, 3.05) is 18.5 Å². The molecule has 3 rings (SSSR count). The van der Waals surface area contributed by atoms with E-state index in [9.17, 15) is 0 Å². The number of ether oxygens (including phenoxy) is 2. The number of nitrogens with two attached hydrogens (primary N) is 1. The first-order valence-corrected chi connectivity index (χ1v) is 8.02. The summed E-state index contributed by atoms with van der Waals surface area (Å²) in [5.41, 5.74) is 8.08. The Labute approximate surface area is 141 Å². The standard InChI is InChI=1S/C18H22N4O2/c1-13-5-6-14(16(10-13)24-15-7-9-23-12-15)11-21-18(19)22-17-4-2-3-8-20-17/h2-6,8,10,15H,7,9,11-12H2,1H3,(H3,19,20,21,22). The topological polar surface area (TPSA) is 81.8 Å². The molecule has 2 heterocycles. The SMILES string of the molecule is Cc1ccc(CN=C(N)Nc2ccccn2)c(OC2CCOC2)c1. The first kappa shape index (κ1) is 16.3. The average molecular weight is 326 g/mol. The molecular weight excluding hydrogens is 304 g/mol. The molecule has 1 aliphatic heterocycles. The molecule has 1 aliphatic rings. The molecule has 1 saturated heterocycles. The number of nitrogens with zero attached hydrogens (tertiary/aromatic N) is 2. The maximum absolute atomic E-state index is 6.07. The number of guanidine groups is 1. The molecule has 126 valence electrons. The quantitative estimate of drug-likeness (QED) is 0.651. The fraction of sp³-hybridized carbons (Fsp3) is 0.333. The van der Waals surface area contributed by atoms with E-state index in [1.807, 2.05) is 43.3 Å². The van der Waals surface area contributed by atoms with E-state index in [1.165, 1.54) is 0 Å². The highest BCUT2D eigenvalue weighted by molar-refractivity contribution is 5.91. The smallest absolute Gasteiger partial charge is 0.194 e. The second-order valence-electron chi connectivity index (χ2n) is 5.76. The minimum Gasteiger partial charge on any atom is -0.488 e. The van der Waals surface area contributed by atoms with Gasteiger partial charge in [0.1, 0.15) is 17.7 Å². The van der Waals surface area contributed by atoms with Crippen molar-refractivity contribution in [3.8, 4) is 5.75 Å². The van der Waals surface area contributed by atoms with E-state index in [2.05, 4.69) is 15.3 Å². The summed E-state index contributed by atoms with van der Waals surface area (Å²) < 4.78 is 11.4. The molecule has 6 heteroatoms. The van der Waals surface area contributed by atoms with E-state index in [1.54, 1.807) is 6.20 Å². The summed E-state index contributed by atoms with van der Waals surface area (Å²) in [6.45, 7) is 3.88. The minimum absolute atomic E-state index is 0.110. The zero-order chi connectivity index (χ0) is 16.8. The number of pyridine rings is 1. The monoisotopic (exact) mass is 326 g/mol. The lowest BCUT2D eigenvalue weighted by Crippen LogP contribution is -2.23. The average Bonchev–Trinajstić information content (AvgIpc) is 3.08. The van der Waals surface area contributed by atoms with Crippen molar-refractivity contribution in [2.24, 2.45) is 10.7 Å². The van der Waals surface area contributed by atoms with Gasteiger partial charge in [0.25, 0.3) is 0 Å². The molecule has 1 fully saturated rings. The zero-order valence-electron chi connectivity index (χ0n) is 13.7. The van der Waals surface area contributed by atoms with Gasteiger partial charge in [-0.2, -0.15) is 0 Å². The summed E-state index contributed by atoms with van der Waals surface area (Å²) in [4.78, 5) is 8.55. The Morgan fingerprint density at radius 3 is 3.08 bits per heavy atom. The van der Waals surface area contributed by atoms with Crippen LogP contribution in [0.2, 0.25) is 0 Å². The minimum atomic E-state index is 0.110. The largest absolute Gasteiger partial charge is 0.488 e. The van der Waals surface area contributed by atoms with Crippen LogP contribution in [0.25, 0.3) is 0 Å². The van der Waals surface area contributed by atoms with Crippen LogP contribution in [-0.4, -0.2) is 30.3 Å². The normalized spacial score (nSPS) is 17.7. The molecule has 3 N–H and O–H groups in total. The third-order valence-electron chi connectivity index (χ3n) is 3.74. The number of nitrogens with one attached hydrogen (secondary N) is 1. The first-order chi connectivity index (χ1) is 11.7. The molecule has 1 aromatic carbocycles. The molecule has 0 saturated carbocycles. The summed E-state index contributed by atoms with van der Waals surface area (Å²) in [5.74, 6) is 1.84. The van der Waals surface area contributed by atoms with Crippen molar-refractivity contribution in [2.45, 2.75) is 26.0 Å². The summed E-state index contributed by atoms with van der Waals surface area (Å²) in [7, 11) is 0. The van der Waals surface area contributed by atoms with Gasteiger partial charge in [0.05, 0.1) is 19.8 Å². The second-order valence-corrected chi connectivity index (χ2v) is 5.76. The lowest BCUT2D eigenvalue weighted by Gasteiger charge is -2.15. The number of hydrogen-bond acceptors (Lipinski definition) is 4. The van der Waals surface area contributed by atoms with E-state index in [-0.39, 0.29) is 6.10 Å². The number of aromatic nitrogens is 1. The highest BCUT2D eigenvalue weighted by Gasteiger charge is 2.18. The van der Waals surface area contributed by atoms with Crippen LogP contribution in [-0.2, 0) is 11.3 Å². The third kappa shape index (κ3) is 4.45.